The number of aryl methyl sites for hydroxylation is 1. The van der Waals surface area contributed by atoms with Crippen molar-refractivity contribution < 1.29 is 18.7 Å². The van der Waals surface area contributed by atoms with Crippen LogP contribution in [0.5, 0.6) is 11.5 Å². The molecule has 0 aliphatic carbocycles. The molecule has 2 rings (SSSR count). The van der Waals surface area contributed by atoms with Gasteiger partial charge in [-0.1, -0.05) is 12.1 Å². The van der Waals surface area contributed by atoms with Crippen LogP contribution in [0.4, 0.5) is 4.39 Å². The first kappa shape index (κ1) is 16.8. The average Bonchev–Trinajstić information content (AvgIpc) is 2.56. The van der Waals surface area contributed by atoms with Gasteiger partial charge < -0.3 is 14.8 Å². The molecule has 23 heavy (non-hydrogen) atoms. The maximum absolute atomic E-state index is 13.5. The quantitative estimate of drug-likeness (QED) is 0.887. The molecular weight excluding hydrogens is 297 g/mol. The molecule has 4 nitrogen and oxygen atoms in total. The molecule has 0 atom stereocenters. The lowest BCUT2D eigenvalue weighted by Crippen LogP contribution is -2.23. The number of amides is 1. The van der Waals surface area contributed by atoms with Crippen molar-refractivity contribution in [1.82, 2.24) is 5.32 Å². The third-order valence-electron chi connectivity index (χ3n) is 3.41. The standard InChI is InChI=1S/C18H20FNO3/c1-4-23-17-10-14(7-8-16(17)22-3)18(21)20-11-13-6-5-12(2)15(19)9-13/h5-10H,4,11H2,1-3H3,(H,20,21). The number of methoxy groups -OCH3 is 1. The Morgan fingerprint density at radius 1 is 1.17 bits per heavy atom. The predicted molar refractivity (Wildman–Crippen MR) is 86.5 cm³/mol. The Labute approximate surface area is 135 Å². The van der Waals surface area contributed by atoms with Crippen molar-refractivity contribution in [1.29, 1.82) is 0 Å². The minimum Gasteiger partial charge on any atom is -0.493 e. The minimum atomic E-state index is -0.278. The summed E-state index contributed by atoms with van der Waals surface area (Å²) in [5, 5.41) is 2.77. The zero-order chi connectivity index (χ0) is 16.8. The molecule has 0 heterocycles. The number of hydrogen-bond donors (Lipinski definition) is 1. The first-order valence-corrected chi connectivity index (χ1v) is 7.39. The fraction of sp³-hybridized carbons (Fsp3) is 0.278. The third-order valence-corrected chi connectivity index (χ3v) is 3.41. The zero-order valence-corrected chi connectivity index (χ0v) is 13.5. The smallest absolute Gasteiger partial charge is 0.251 e. The summed E-state index contributed by atoms with van der Waals surface area (Å²) in [7, 11) is 1.55. The van der Waals surface area contributed by atoms with Crippen LogP contribution in [0.15, 0.2) is 36.4 Å². The normalized spacial score (nSPS) is 10.3. The topological polar surface area (TPSA) is 47.6 Å². The maximum Gasteiger partial charge on any atom is 0.251 e. The number of hydrogen-bond acceptors (Lipinski definition) is 3. The van der Waals surface area contributed by atoms with Crippen molar-refractivity contribution >= 4 is 5.91 Å². The molecule has 5 heteroatoms. The molecule has 2 aromatic carbocycles. The Morgan fingerprint density at radius 2 is 1.96 bits per heavy atom. The lowest BCUT2D eigenvalue weighted by atomic mass is 10.1. The summed E-state index contributed by atoms with van der Waals surface area (Å²) in [4.78, 5) is 12.2. The Kier molecular flexibility index (Phi) is 5.57. The minimum absolute atomic E-state index is 0.255. The van der Waals surface area contributed by atoms with Crippen LogP contribution in [0.2, 0.25) is 0 Å². The summed E-state index contributed by atoms with van der Waals surface area (Å²) in [6.45, 7) is 4.29. The average molecular weight is 317 g/mol. The molecule has 0 unspecified atom stereocenters. The van der Waals surface area contributed by atoms with Crippen molar-refractivity contribution in [2.45, 2.75) is 20.4 Å². The highest BCUT2D eigenvalue weighted by Gasteiger charge is 2.11. The van der Waals surface area contributed by atoms with Crippen LogP contribution in [0.25, 0.3) is 0 Å². The van der Waals surface area contributed by atoms with Gasteiger partial charge in [-0.25, -0.2) is 4.39 Å². The van der Waals surface area contributed by atoms with E-state index >= 15 is 0 Å². The van der Waals surface area contributed by atoms with Gasteiger partial charge in [0, 0.05) is 12.1 Å². The van der Waals surface area contributed by atoms with Crippen LogP contribution < -0.4 is 14.8 Å². The highest BCUT2D eigenvalue weighted by Crippen LogP contribution is 2.28. The van der Waals surface area contributed by atoms with E-state index in [1.807, 2.05) is 6.92 Å². The lowest BCUT2D eigenvalue weighted by molar-refractivity contribution is 0.0950. The Morgan fingerprint density at radius 3 is 2.61 bits per heavy atom. The van der Waals surface area contributed by atoms with Gasteiger partial charge in [-0.15, -0.1) is 0 Å². The van der Waals surface area contributed by atoms with Crippen LogP contribution in [-0.4, -0.2) is 19.6 Å². The van der Waals surface area contributed by atoms with Crippen molar-refractivity contribution in [2.75, 3.05) is 13.7 Å². The lowest BCUT2D eigenvalue weighted by Gasteiger charge is -2.11. The highest BCUT2D eigenvalue weighted by atomic mass is 19.1. The van der Waals surface area contributed by atoms with Crippen molar-refractivity contribution in [3.05, 3.63) is 58.9 Å². The van der Waals surface area contributed by atoms with Gasteiger partial charge in [0.2, 0.25) is 0 Å². The van der Waals surface area contributed by atoms with Gasteiger partial charge in [-0.05, 0) is 49.2 Å². The number of rotatable bonds is 6. The molecule has 0 saturated carbocycles. The molecule has 0 aliphatic rings. The third kappa shape index (κ3) is 4.22. The fourth-order valence-electron chi connectivity index (χ4n) is 2.12. The van der Waals surface area contributed by atoms with Crippen LogP contribution >= 0.6 is 0 Å². The largest absolute Gasteiger partial charge is 0.493 e. The number of ether oxygens (including phenoxy) is 2. The Bertz CT molecular complexity index is 701. The van der Waals surface area contributed by atoms with Gasteiger partial charge in [0.25, 0.3) is 5.91 Å². The molecule has 122 valence electrons. The summed E-state index contributed by atoms with van der Waals surface area (Å²) in [5.41, 5.74) is 1.75. The molecule has 1 amide bonds. The van der Waals surface area contributed by atoms with Crippen molar-refractivity contribution in [3.63, 3.8) is 0 Å². The molecular formula is C18H20FNO3. The van der Waals surface area contributed by atoms with Crippen LogP contribution in [0.3, 0.4) is 0 Å². The first-order valence-electron chi connectivity index (χ1n) is 7.39. The van der Waals surface area contributed by atoms with Gasteiger partial charge in [0.05, 0.1) is 13.7 Å². The highest BCUT2D eigenvalue weighted by molar-refractivity contribution is 5.94. The second kappa shape index (κ2) is 7.63. The Balaban J connectivity index is 2.08. The molecule has 0 fully saturated rings. The molecule has 0 saturated heterocycles. The summed E-state index contributed by atoms with van der Waals surface area (Å²) >= 11 is 0. The van der Waals surface area contributed by atoms with Crippen LogP contribution in [-0.2, 0) is 6.54 Å². The van der Waals surface area contributed by atoms with E-state index in [-0.39, 0.29) is 18.3 Å². The number of halogens is 1. The van der Waals surface area contributed by atoms with Gasteiger partial charge in [-0.3, -0.25) is 4.79 Å². The molecule has 0 radical (unpaired) electrons. The number of carbonyl (C=O) groups excluding carboxylic acids is 1. The first-order chi connectivity index (χ1) is 11.0. The summed E-state index contributed by atoms with van der Waals surface area (Å²) in [5.74, 6) is 0.558. The molecule has 1 N–H and O–H groups in total. The van der Waals surface area contributed by atoms with Crippen molar-refractivity contribution in [2.24, 2.45) is 0 Å². The van der Waals surface area contributed by atoms with E-state index in [0.717, 1.165) is 0 Å². The molecule has 2 aromatic rings. The van der Waals surface area contributed by atoms with Gasteiger partial charge in [0.1, 0.15) is 5.82 Å². The SMILES string of the molecule is CCOc1cc(C(=O)NCc2ccc(C)c(F)c2)ccc1OC. The fourth-order valence-corrected chi connectivity index (χ4v) is 2.12. The van der Waals surface area contributed by atoms with E-state index in [1.165, 1.54) is 6.07 Å². The number of carbonyl (C=O) groups is 1. The molecule has 0 bridgehead atoms. The van der Waals surface area contributed by atoms with Gasteiger partial charge in [0.15, 0.2) is 11.5 Å². The monoisotopic (exact) mass is 317 g/mol. The summed E-state index contributed by atoms with van der Waals surface area (Å²) in [6, 6.07) is 9.89. The second-order valence-electron chi connectivity index (χ2n) is 5.06. The number of benzene rings is 2. The van der Waals surface area contributed by atoms with E-state index in [9.17, 15) is 9.18 Å². The second-order valence-corrected chi connectivity index (χ2v) is 5.06. The van der Waals surface area contributed by atoms with E-state index in [0.29, 0.717) is 34.8 Å². The van der Waals surface area contributed by atoms with E-state index < -0.39 is 0 Å². The molecule has 0 aliphatic heterocycles. The maximum atomic E-state index is 13.5. The number of nitrogens with one attached hydrogen (secondary N) is 1. The van der Waals surface area contributed by atoms with E-state index in [1.54, 1.807) is 44.4 Å². The summed E-state index contributed by atoms with van der Waals surface area (Å²) < 4.78 is 24.1. The Hall–Kier alpha value is -2.56. The van der Waals surface area contributed by atoms with E-state index in [2.05, 4.69) is 5.32 Å². The van der Waals surface area contributed by atoms with Gasteiger partial charge in [-0.2, -0.15) is 0 Å². The van der Waals surface area contributed by atoms with E-state index in [4.69, 9.17) is 9.47 Å². The zero-order valence-electron chi connectivity index (χ0n) is 13.5. The molecule has 0 spiro atoms. The van der Waals surface area contributed by atoms with Crippen LogP contribution in [0.1, 0.15) is 28.4 Å². The predicted octanol–water partition coefficient (Wildman–Crippen LogP) is 3.47. The van der Waals surface area contributed by atoms with Crippen molar-refractivity contribution in [3.8, 4) is 11.5 Å². The van der Waals surface area contributed by atoms with Gasteiger partial charge >= 0.3 is 0 Å². The summed E-state index contributed by atoms with van der Waals surface area (Å²) in [6.07, 6.45) is 0. The van der Waals surface area contributed by atoms with Crippen LogP contribution in [0, 0.1) is 12.7 Å². The molecule has 0 aromatic heterocycles.